The third kappa shape index (κ3) is 5.97. The summed E-state index contributed by atoms with van der Waals surface area (Å²) in [5.41, 5.74) is 3.41. The van der Waals surface area contributed by atoms with Gasteiger partial charge in [-0.1, -0.05) is 35.9 Å². The van der Waals surface area contributed by atoms with E-state index in [1.165, 1.54) is 11.3 Å². The number of hydrogen-bond acceptors (Lipinski definition) is 5. The molecule has 4 rings (SSSR count). The number of aliphatic hydroxyl groups excluding tert-OH is 1. The molecular formula is C25H28ClN3O2. The zero-order valence-corrected chi connectivity index (χ0v) is 18.3. The molecule has 5 nitrogen and oxygen atoms in total. The molecule has 2 aromatic carbocycles. The predicted octanol–water partition coefficient (Wildman–Crippen LogP) is 4.35. The monoisotopic (exact) mass is 437 g/mol. The first-order valence-corrected chi connectivity index (χ1v) is 11.1. The van der Waals surface area contributed by atoms with Crippen LogP contribution in [0.2, 0.25) is 5.02 Å². The Bertz CT molecular complexity index is 944. The number of pyridine rings is 1. The summed E-state index contributed by atoms with van der Waals surface area (Å²) in [4.78, 5) is 9.37. The fraction of sp³-hybridized carbons (Fsp3) is 0.320. The summed E-state index contributed by atoms with van der Waals surface area (Å²) in [5, 5.41) is 11.0. The summed E-state index contributed by atoms with van der Waals surface area (Å²) in [6.07, 6.45) is 2.04. The van der Waals surface area contributed by atoms with Crippen molar-refractivity contribution in [1.29, 1.82) is 0 Å². The molecule has 0 amide bonds. The Morgan fingerprint density at radius 2 is 1.68 bits per heavy atom. The molecule has 2 heterocycles. The number of piperazine rings is 1. The fourth-order valence-electron chi connectivity index (χ4n) is 3.84. The number of para-hydroxylation sites is 1. The molecule has 0 bridgehead atoms. The summed E-state index contributed by atoms with van der Waals surface area (Å²) in [6, 6.07) is 21.7. The highest BCUT2D eigenvalue weighted by molar-refractivity contribution is 6.30. The average molecular weight is 438 g/mol. The maximum Gasteiger partial charge on any atom is 0.119 e. The van der Waals surface area contributed by atoms with E-state index in [0.29, 0.717) is 18.1 Å². The van der Waals surface area contributed by atoms with E-state index in [4.69, 9.17) is 16.3 Å². The van der Waals surface area contributed by atoms with Crippen molar-refractivity contribution in [3.05, 3.63) is 77.9 Å². The SMILES string of the molecule is OC(CCN1CCN(c2ccccc2-c2ccccn2)CC1)COc1ccc(Cl)cc1. The van der Waals surface area contributed by atoms with Crippen LogP contribution < -0.4 is 9.64 Å². The third-order valence-electron chi connectivity index (χ3n) is 5.59. The molecule has 1 atom stereocenters. The summed E-state index contributed by atoms with van der Waals surface area (Å²) in [5.74, 6) is 0.726. The number of rotatable bonds is 8. The van der Waals surface area contributed by atoms with Crippen molar-refractivity contribution in [3.8, 4) is 17.0 Å². The average Bonchev–Trinajstić information content (AvgIpc) is 2.83. The quantitative estimate of drug-likeness (QED) is 0.567. The summed E-state index contributed by atoms with van der Waals surface area (Å²) < 4.78 is 5.65. The number of nitrogens with zero attached hydrogens (tertiary/aromatic N) is 3. The van der Waals surface area contributed by atoms with Gasteiger partial charge in [0.25, 0.3) is 0 Å². The lowest BCUT2D eigenvalue weighted by atomic mass is 10.1. The van der Waals surface area contributed by atoms with E-state index in [0.717, 1.165) is 44.2 Å². The Hall–Kier alpha value is -2.60. The first-order chi connectivity index (χ1) is 15.2. The topological polar surface area (TPSA) is 48.8 Å². The molecule has 0 radical (unpaired) electrons. The molecule has 1 saturated heterocycles. The molecule has 31 heavy (non-hydrogen) atoms. The van der Waals surface area contributed by atoms with Crippen molar-refractivity contribution < 1.29 is 9.84 Å². The Labute approximate surface area is 188 Å². The van der Waals surface area contributed by atoms with Gasteiger partial charge in [0.05, 0.1) is 11.8 Å². The minimum atomic E-state index is -0.487. The van der Waals surface area contributed by atoms with Gasteiger partial charge in [0.2, 0.25) is 0 Å². The minimum absolute atomic E-state index is 0.291. The molecule has 0 aliphatic carbocycles. The number of aliphatic hydroxyl groups is 1. The molecular weight excluding hydrogens is 410 g/mol. The van der Waals surface area contributed by atoms with E-state index in [-0.39, 0.29) is 0 Å². The molecule has 0 spiro atoms. The first-order valence-electron chi connectivity index (χ1n) is 10.7. The third-order valence-corrected chi connectivity index (χ3v) is 5.84. The number of ether oxygens (including phenoxy) is 1. The number of halogens is 1. The standard InChI is InChI=1S/C25H28ClN3O2/c26-20-8-10-22(11-9-20)31-19-21(30)12-14-28-15-17-29(18-16-28)25-7-2-1-5-23(25)24-6-3-4-13-27-24/h1-11,13,21,30H,12,14-19H2. The lowest BCUT2D eigenvalue weighted by Crippen LogP contribution is -2.47. The van der Waals surface area contributed by atoms with E-state index in [9.17, 15) is 5.11 Å². The van der Waals surface area contributed by atoms with Crippen LogP contribution in [-0.2, 0) is 0 Å². The molecule has 1 aromatic heterocycles. The van der Waals surface area contributed by atoms with Crippen molar-refractivity contribution in [2.45, 2.75) is 12.5 Å². The van der Waals surface area contributed by atoms with Crippen LogP contribution in [0, 0.1) is 0 Å². The number of hydrogen-bond donors (Lipinski definition) is 1. The second-order valence-electron chi connectivity index (χ2n) is 7.77. The van der Waals surface area contributed by atoms with Gasteiger partial charge in [-0.05, 0) is 48.9 Å². The van der Waals surface area contributed by atoms with E-state index in [1.807, 2.05) is 30.5 Å². The maximum absolute atomic E-state index is 10.3. The van der Waals surface area contributed by atoms with Crippen LogP contribution in [0.25, 0.3) is 11.3 Å². The molecule has 1 fully saturated rings. The van der Waals surface area contributed by atoms with Crippen LogP contribution >= 0.6 is 11.6 Å². The van der Waals surface area contributed by atoms with Crippen molar-refractivity contribution in [3.63, 3.8) is 0 Å². The minimum Gasteiger partial charge on any atom is -0.491 e. The Kier molecular flexibility index (Phi) is 7.41. The highest BCUT2D eigenvalue weighted by atomic mass is 35.5. The van der Waals surface area contributed by atoms with Crippen molar-refractivity contribution in [2.75, 3.05) is 44.2 Å². The lowest BCUT2D eigenvalue weighted by Gasteiger charge is -2.37. The number of anilines is 1. The van der Waals surface area contributed by atoms with Crippen LogP contribution in [0.1, 0.15) is 6.42 Å². The highest BCUT2D eigenvalue weighted by Gasteiger charge is 2.20. The van der Waals surface area contributed by atoms with E-state index in [1.54, 1.807) is 12.1 Å². The molecule has 1 aliphatic rings. The molecule has 6 heteroatoms. The molecule has 1 aliphatic heterocycles. The van der Waals surface area contributed by atoms with Gasteiger partial charge < -0.3 is 14.7 Å². The lowest BCUT2D eigenvalue weighted by molar-refractivity contribution is 0.0866. The Morgan fingerprint density at radius 1 is 0.935 bits per heavy atom. The van der Waals surface area contributed by atoms with E-state index >= 15 is 0 Å². The van der Waals surface area contributed by atoms with Gasteiger partial charge in [0.15, 0.2) is 0 Å². The first kappa shape index (κ1) is 21.6. The van der Waals surface area contributed by atoms with Crippen LogP contribution in [0.4, 0.5) is 5.69 Å². The number of aromatic nitrogens is 1. The Balaban J connectivity index is 1.25. The van der Waals surface area contributed by atoms with Crippen LogP contribution in [0.15, 0.2) is 72.9 Å². The van der Waals surface area contributed by atoms with Crippen LogP contribution in [-0.4, -0.2) is 60.4 Å². The van der Waals surface area contributed by atoms with E-state index in [2.05, 4.69) is 45.1 Å². The fourth-order valence-corrected chi connectivity index (χ4v) is 3.96. The van der Waals surface area contributed by atoms with Gasteiger partial charge in [-0.25, -0.2) is 0 Å². The van der Waals surface area contributed by atoms with Crippen molar-refractivity contribution in [2.24, 2.45) is 0 Å². The van der Waals surface area contributed by atoms with Gasteiger partial charge in [-0.2, -0.15) is 0 Å². The zero-order chi connectivity index (χ0) is 21.5. The molecule has 0 saturated carbocycles. The second kappa shape index (κ2) is 10.6. The van der Waals surface area contributed by atoms with Crippen LogP contribution in [0.5, 0.6) is 5.75 Å². The predicted molar refractivity (Wildman–Crippen MR) is 126 cm³/mol. The summed E-state index contributed by atoms with van der Waals surface area (Å²) in [7, 11) is 0. The normalized spacial score (nSPS) is 15.6. The van der Waals surface area contributed by atoms with Gasteiger partial charge >= 0.3 is 0 Å². The summed E-state index contributed by atoms with van der Waals surface area (Å²) in [6.45, 7) is 5.02. The van der Waals surface area contributed by atoms with E-state index < -0.39 is 6.10 Å². The molecule has 1 unspecified atom stereocenters. The van der Waals surface area contributed by atoms with Gasteiger partial charge in [-0.15, -0.1) is 0 Å². The molecule has 3 aromatic rings. The van der Waals surface area contributed by atoms with Crippen LogP contribution in [0.3, 0.4) is 0 Å². The smallest absolute Gasteiger partial charge is 0.119 e. The van der Waals surface area contributed by atoms with Gasteiger partial charge in [-0.3, -0.25) is 9.88 Å². The Morgan fingerprint density at radius 3 is 2.42 bits per heavy atom. The highest BCUT2D eigenvalue weighted by Crippen LogP contribution is 2.30. The maximum atomic E-state index is 10.3. The number of benzene rings is 2. The largest absolute Gasteiger partial charge is 0.491 e. The zero-order valence-electron chi connectivity index (χ0n) is 17.5. The van der Waals surface area contributed by atoms with Gasteiger partial charge in [0, 0.05) is 55.2 Å². The van der Waals surface area contributed by atoms with Gasteiger partial charge in [0.1, 0.15) is 12.4 Å². The van der Waals surface area contributed by atoms with Crippen molar-refractivity contribution in [1.82, 2.24) is 9.88 Å². The molecule has 162 valence electrons. The molecule has 1 N–H and O–H groups in total. The van der Waals surface area contributed by atoms with Crippen molar-refractivity contribution >= 4 is 17.3 Å². The summed E-state index contributed by atoms with van der Waals surface area (Å²) >= 11 is 5.88. The second-order valence-corrected chi connectivity index (χ2v) is 8.20.